The molecule has 2 aromatic carbocycles. The Balaban J connectivity index is 1.45. The van der Waals surface area contributed by atoms with Crippen LogP contribution in [0.4, 0.5) is 11.4 Å². The van der Waals surface area contributed by atoms with Crippen molar-refractivity contribution in [2.75, 3.05) is 25.0 Å². The second kappa shape index (κ2) is 7.68. The van der Waals surface area contributed by atoms with Crippen molar-refractivity contribution >= 4 is 28.8 Å². The first kappa shape index (κ1) is 17.4. The van der Waals surface area contributed by atoms with Crippen molar-refractivity contribution in [2.45, 2.75) is 31.2 Å². The number of fused-ring (bicyclic) bond motifs is 1. The Morgan fingerprint density at radius 3 is 2.77 bits per heavy atom. The number of halogens is 1. The molecular formula is C21H25ClN4. The summed E-state index contributed by atoms with van der Waals surface area (Å²) < 4.78 is 0. The molecule has 2 heterocycles. The van der Waals surface area contributed by atoms with Crippen LogP contribution in [-0.4, -0.2) is 31.0 Å². The topological polar surface area (TPSA) is 48.5 Å². The second-order valence-corrected chi connectivity index (χ2v) is 7.53. The molecule has 0 aliphatic carbocycles. The molecule has 2 aliphatic rings. The van der Waals surface area contributed by atoms with Gasteiger partial charge in [-0.25, -0.2) is 4.99 Å². The highest BCUT2D eigenvalue weighted by Gasteiger charge is 2.40. The van der Waals surface area contributed by atoms with E-state index in [1.165, 1.54) is 5.56 Å². The average molecular weight is 369 g/mol. The summed E-state index contributed by atoms with van der Waals surface area (Å²) in [6.07, 6.45) is 4.15. The fraction of sp³-hybridized carbons (Fsp3) is 0.381. The van der Waals surface area contributed by atoms with Gasteiger partial charge in [0, 0.05) is 11.6 Å². The number of nitrogens with one attached hydrogen (secondary N) is 3. The molecule has 0 aromatic heterocycles. The SMILES string of the molecule is Clc1cccc(CCCNC2=Nc3ccccc3NC23CCNCC3)c1. The number of aryl methyl sites for hydroxylation is 1. The van der Waals surface area contributed by atoms with Gasteiger partial charge in [-0.05, 0) is 68.6 Å². The Hall–Kier alpha value is -2.04. The van der Waals surface area contributed by atoms with Crippen molar-refractivity contribution in [2.24, 2.45) is 4.99 Å². The van der Waals surface area contributed by atoms with E-state index in [-0.39, 0.29) is 5.54 Å². The van der Waals surface area contributed by atoms with E-state index >= 15 is 0 Å². The predicted molar refractivity (Wildman–Crippen MR) is 110 cm³/mol. The van der Waals surface area contributed by atoms with Crippen LogP contribution in [0.1, 0.15) is 24.8 Å². The zero-order valence-corrected chi connectivity index (χ0v) is 15.6. The maximum Gasteiger partial charge on any atom is 0.128 e. The van der Waals surface area contributed by atoms with Gasteiger partial charge in [-0.2, -0.15) is 0 Å². The highest BCUT2D eigenvalue weighted by Crippen LogP contribution is 2.36. The molecular weight excluding hydrogens is 344 g/mol. The summed E-state index contributed by atoms with van der Waals surface area (Å²) in [6.45, 7) is 2.93. The van der Waals surface area contributed by atoms with E-state index in [0.29, 0.717) is 0 Å². The summed E-state index contributed by atoms with van der Waals surface area (Å²) in [4.78, 5) is 4.98. The highest BCUT2D eigenvalue weighted by atomic mass is 35.5. The number of aliphatic imine (C=N–C) groups is 1. The number of hydrogen-bond donors (Lipinski definition) is 3. The van der Waals surface area contributed by atoms with E-state index in [1.807, 2.05) is 24.3 Å². The lowest BCUT2D eigenvalue weighted by Crippen LogP contribution is -2.58. The lowest BCUT2D eigenvalue weighted by Gasteiger charge is -2.43. The Morgan fingerprint density at radius 1 is 1.08 bits per heavy atom. The number of para-hydroxylation sites is 2. The molecule has 4 nitrogen and oxygen atoms in total. The van der Waals surface area contributed by atoms with E-state index in [1.54, 1.807) is 0 Å². The maximum atomic E-state index is 6.08. The summed E-state index contributed by atoms with van der Waals surface area (Å²) in [7, 11) is 0. The first-order valence-electron chi connectivity index (χ1n) is 9.41. The Kier molecular flexibility index (Phi) is 5.14. The average Bonchev–Trinajstić information content (AvgIpc) is 2.66. The van der Waals surface area contributed by atoms with Crippen LogP contribution in [0.15, 0.2) is 53.5 Å². The van der Waals surface area contributed by atoms with E-state index in [0.717, 1.165) is 67.6 Å². The van der Waals surface area contributed by atoms with Crippen molar-refractivity contribution in [3.05, 3.63) is 59.1 Å². The number of benzene rings is 2. The minimum atomic E-state index is -0.0738. The largest absolute Gasteiger partial charge is 0.372 e. The van der Waals surface area contributed by atoms with Crippen LogP contribution in [0.3, 0.4) is 0 Å². The van der Waals surface area contributed by atoms with Gasteiger partial charge in [-0.1, -0.05) is 35.9 Å². The third-order valence-electron chi connectivity index (χ3n) is 5.24. The number of anilines is 1. The fourth-order valence-electron chi connectivity index (χ4n) is 3.84. The van der Waals surface area contributed by atoms with E-state index in [2.05, 4.69) is 40.2 Å². The molecule has 5 heteroatoms. The van der Waals surface area contributed by atoms with Crippen LogP contribution >= 0.6 is 11.6 Å². The molecule has 1 spiro atoms. The first-order valence-corrected chi connectivity index (χ1v) is 9.78. The Morgan fingerprint density at radius 2 is 1.92 bits per heavy atom. The fourth-order valence-corrected chi connectivity index (χ4v) is 4.05. The van der Waals surface area contributed by atoms with E-state index in [4.69, 9.17) is 16.6 Å². The summed E-state index contributed by atoms with van der Waals surface area (Å²) in [5.74, 6) is 1.09. The van der Waals surface area contributed by atoms with Crippen molar-refractivity contribution in [1.29, 1.82) is 0 Å². The van der Waals surface area contributed by atoms with Crippen LogP contribution < -0.4 is 16.0 Å². The quantitative estimate of drug-likeness (QED) is 0.711. The first-order chi connectivity index (χ1) is 12.8. The minimum absolute atomic E-state index is 0.0738. The summed E-state index contributed by atoms with van der Waals surface area (Å²) in [5, 5.41) is 11.7. The normalized spacial score (nSPS) is 18.0. The van der Waals surface area contributed by atoms with E-state index in [9.17, 15) is 0 Å². The zero-order chi connectivity index (χ0) is 17.8. The zero-order valence-electron chi connectivity index (χ0n) is 14.9. The summed E-state index contributed by atoms with van der Waals surface area (Å²) in [6, 6.07) is 16.4. The molecule has 3 N–H and O–H groups in total. The lowest BCUT2D eigenvalue weighted by molar-refractivity contribution is 0.412. The van der Waals surface area contributed by atoms with Crippen LogP contribution in [0.5, 0.6) is 0 Å². The standard InChI is InChI=1S/C21H25ClN4/c22-17-7-3-5-16(15-17)6-4-12-24-20-21(10-13-23-14-11-21)26-19-9-2-1-8-18(19)25-20/h1-3,5,7-9,15,23,26H,4,6,10-14H2,(H,24,25). The van der Waals surface area contributed by atoms with Crippen LogP contribution in [0.2, 0.25) is 5.02 Å². The molecule has 2 aliphatic heterocycles. The smallest absolute Gasteiger partial charge is 0.128 e. The lowest BCUT2D eigenvalue weighted by atomic mass is 9.85. The van der Waals surface area contributed by atoms with Gasteiger partial charge >= 0.3 is 0 Å². The molecule has 2 aromatic rings. The third kappa shape index (κ3) is 3.71. The molecule has 0 amide bonds. The van der Waals surface area contributed by atoms with Gasteiger partial charge in [0.15, 0.2) is 0 Å². The molecule has 4 rings (SSSR count). The molecule has 26 heavy (non-hydrogen) atoms. The van der Waals surface area contributed by atoms with Gasteiger partial charge < -0.3 is 16.0 Å². The molecule has 136 valence electrons. The third-order valence-corrected chi connectivity index (χ3v) is 5.48. The number of nitrogens with zero attached hydrogens (tertiary/aromatic N) is 1. The van der Waals surface area contributed by atoms with Gasteiger partial charge in [0.1, 0.15) is 5.84 Å². The number of amidine groups is 1. The Bertz CT molecular complexity index is 796. The molecule has 0 atom stereocenters. The molecule has 0 radical (unpaired) electrons. The molecule has 1 saturated heterocycles. The number of piperidine rings is 1. The minimum Gasteiger partial charge on any atom is -0.372 e. The van der Waals surface area contributed by atoms with Crippen molar-refractivity contribution in [3.8, 4) is 0 Å². The van der Waals surface area contributed by atoms with Crippen LogP contribution in [-0.2, 0) is 6.42 Å². The van der Waals surface area contributed by atoms with Gasteiger partial charge in [-0.3, -0.25) is 0 Å². The van der Waals surface area contributed by atoms with Crippen molar-refractivity contribution in [3.63, 3.8) is 0 Å². The maximum absolute atomic E-state index is 6.08. The number of rotatable bonds is 4. The molecule has 0 saturated carbocycles. The van der Waals surface area contributed by atoms with Gasteiger partial charge in [0.25, 0.3) is 0 Å². The van der Waals surface area contributed by atoms with Crippen LogP contribution in [0.25, 0.3) is 0 Å². The molecule has 1 fully saturated rings. The monoisotopic (exact) mass is 368 g/mol. The molecule has 0 unspecified atom stereocenters. The second-order valence-electron chi connectivity index (χ2n) is 7.09. The molecule has 0 bridgehead atoms. The highest BCUT2D eigenvalue weighted by molar-refractivity contribution is 6.30. The Labute approximate surface area is 160 Å². The van der Waals surface area contributed by atoms with Crippen molar-refractivity contribution in [1.82, 2.24) is 10.6 Å². The van der Waals surface area contributed by atoms with Crippen molar-refractivity contribution < 1.29 is 0 Å². The number of hydrogen-bond acceptors (Lipinski definition) is 4. The van der Waals surface area contributed by atoms with Crippen LogP contribution in [0, 0.1) is 0 Å². The summed E-state index contributed by atoms with van der Waals surface area (Å²) >= 11 is 6.08. The van der Waals surface area contributed by atoms with Gasteiger partial charge in [-0.15, -0.1) is 0 Å². The van der Waals surface area contributed by atoms with Gasteiger partial charge in [0.2, 0.25) is 0 Å². The van der Waals surface area contributed by atoms with E-state index < -0.39 is 0 Å². The van der Waals surface area contributed by atoms with Gasteiger partial charge in [0.05, 0.1) is 16.9 Å². The summed E-state index contributed by atoms with van der Waals surface area (Å²) in [5.41, 5.74) is 3.37. The predicted octanol–water partition coefficient (Wildman–Crippen LogP) is 4.14.